The summed E-state index contributed by atoms with van der Waals surface area (Å²) in [6.07, 6.45) is 1.25. The minimum Gasteiger partial charge on any atom is -0.369 e. The molecule has 0 radical (unpaired) electrons. The van der Waals surface area contributed by atoms with Gasteiger partial charge in [0.05, 0.1) is 5.56 Å². The van der Waals surface area contributed by atoms with Crippen LogP contribution >= 0.6 is 0 Å². The monoisotopic (exact) mass is 299 g/mol. The molecule has 1 aromatic carbocycles. The van der Waals surface area contributed by atoms with Crippen LogP contribution in [0.15, 0.2) is 18.2 Å². The van der Waals surface area contributed by atoms with Gasteiger partial charge in [0.1, 0.15) is 0 Å². The Balaban J connectivity index is 2.35. The minimum absolute atomic E-state index is 0.267. The molecule has 2 rings (SSSR count). The zero-order chi connectivity index (χ0) is 15.5. The van der Waals surface area contributed by atoms with Crippen LogP contribution in [0.5, 0.6) is 0 Å². The van der Waals surface area contributed by atoms with E-state index in [1.165, 1.54) is 12.5 Å². The molecule has 1 aliphatic rings. The molecule has 2 nitrogen and oxygen atoms in total. The van der Waals surface area contributed by atoms with Crippen LogP contribution in [0.3, 0.4) is 0 Å². The van der Waals surface area contributed by atoms with E-state index in [1.54, 1.807) is 6.07 Å². The number of nitrogens with zero attached hydrogens (tertiary/aromatic N) is 1. The highest BCUT2D eigenvalue weighted by molar-refractivity contribution is 5.79. The van der Waals surface area contributed by atoms with Crippen molar-refractivity contribution < 1.29 is 18.0 Å². The second-order valence-corrected chi connectivity index (χ2v) is 5.47. The van der Waals surface area contributed by atoms with Crippen molar-refractivity contribution in [1.29, 1.82) is 0 Å². The van der Waals surface area contributed by atoms with Gasteiger partial charge in [-0.25, -0.2) is 0 Å². The fraction of sp³-hybridized carbons (Fsp3) is 0.562. The molecule has 0 unspecified atom stereocenters. The molecule has 1 aliphatic carbocycles. The van der Waals surface area contributed by atoms with Gasteiger partial charge >= 0.3 is 6.18 Å². The molecule has 0 aliphatic heterocycles. The molecule has 1 aromatic rings. The zero-order valence-corrected chi connectivity index (χ0v) is 12.1. The summed E-state index contributed by atoms with van der Waals surface area (Å²) in [7, 11) is 0. The van der Waals surface area contributed by atoms with Gasteiger partial charge in [-0.2, -0.15) is 13.2 Å². The maximum absolute atomic E-state index is 13.0. The molecule has 1 saturated carbocycles. The van der Waals surface area contributed by atoms with Crippen LogP contribution in [-0.4, -0.2) is 18.9 Å². The molecule has 5 heteroatoms. The smallest absolute Gasteiger partial charge is 0.369 e. The Morgan fingerprint density at radius 2 is 1.90 bits per heavy atom. The van der Waals surface area contributed by atoms with Gasteiger partial charge in [0.2, 0.25) is 0 Å². The third-order valence-corrected chi connectivity index (χ3v) is 4.16. The van der Waals surface area contributed by atoms with E-state index in [1.807, 2.05) is 11.8 Å². The highest BCUT2D eigenvalue weighted by Gasteiger charge is 2.34. The first-order valence-corrected chi connectivity index (χ1v) is 7.40. The van der Waals surface area contributed by atoms with Crippen molar-refractivity contribution >= 4 is 12.0 Å². The van der Waals surface area contributed by atoms with Crippen molar-refractivity contribution in [1.82, 2.24) is 0 Å². The Bertz CT molecular complexity index is 493. The van der Waals surface area contributed by atoms with E-state index >= 15 is 0 Å². The first kappa shape index (κ1) is 15.9. The van der Waals surface area contributed by atoms with Crippen molar-refractivity contribution in [3.05, 3.63) is 29.3 Å². The number of halogens is 3. The Labute approximate surface area is 122 Å². The molecule has 0 saturated heterocycles. The average molecular weight is 299 g/mol. The summed E-state index contributed by atoms with van der Waals surface area (Å²) >= 11 is 0. The van der Waals surface area contributed by atoms with Crippen molar-refractivity contribution in [2.24, 2.45) is 0 Å². The molecule has 1 fully saturated rings. The molecular formula is C16H20F3NO. The van der Waals surface area contributed by atoms with Crippen LogP contribution in [0.2, 0.25) is 0 Å². The van der Waals surface area contributed by atoms with Crippen molar-refractivity contribution in [2.75, 3.05) is 11.4 Å². The second-order valence-electron chi connectivity index (χ2n) is 5.47. The highest BCUT2D eigenvalue weighted by atomic mass is 19.4. The highest BCUT2D eigenvalue weighted by Crippen LogP contribution is 2.35. The maximum atomic E-state index is 13.0. The molecule has 0 aromatic heterocycles. The Morgan fingerprint density at radius 3 is 2.43 bits per heavy atom. The maximum Gasteiger partial charge on any atom is 0.417 e. The molecule has 116 valence electrons. The van der Waals surface area contributed by atoms with Crippen molar-refractivity contribution in [3.8, 4) is 0 Å². The Hall–Kier alpha value is -1.52. The lowest BCUT2D eigenvalue weighted by Crippen LogP contribution is -2.36. The van der Waals surface area contributed by atoms with Crippen LogP contribution in [-0.2, 0) is 6.18 Å². The third kappa shape index (κ3) is 3.57. The molecule has 0 bridgehead atoms. The molecular weight excluding hydrogens is 279 g/mol. The summed E-state index contributed by atoms with van der Waals surface area (Å²) in [5.74, 6) is 0. The van der Waals surface area contributed by atoms with E-state index in [-0.39, 0.29) is 11.8 Å². The van der Waals surface area contributed by atoms with E-state index in [2.05, 4.69) is 0 Å². The van der Waals surface area contributed by atoms with Crippen LogP contribution in [0.25, 0.3) is 0 Å². The van der Waals surface area contributed by atoms with Crippen molar-refractivity contribution in [2.45, 2.75) is 51.2 Å². The van der Waals surface area contributed by atoms with Crippen LogP contribution < -0.4 is 4.90 Å². The summed E-state index contributed by atoms with van der Waals surface area (Å²) in [6, 6.07) is 4.31. The van der Waals surface area contributed by atoms with Gasteiger partial charge in [-0.15, -0.1) is 0 Å². The predicted molar refractivity (Wildman–Crippen MR) is 76.7 cm³/mol. The van der Waals surface area contributed by atoms with E-state index < -0.39 is 11.7 Å². The van der Waals surface area contributed by atoms with Crippen molar-refractivity contribution in [3.63, 3.8) is 0 Å². The van der Waals surface area contributed by atoms with E-state index in [4.69, 9.17) is 0 Å². The second kappa shape index (κ2) is 6.50. The van der Waals surface area contributed by atoms with Gasteiger partial charge in [0.25, 0.3) is 0 Å². The quantitative estimate of drug-likeness (QED) is 0.753. The number of aldehydes is 1. The normalized spacial score (nSPS) is 16.8. The van der Waals surface area contributed by atoms with Gasteiger partial charge in [0.15, 0.2) is 6.29 Å². The van der Waals surface area contributed by atoms with Gasteiger partial charge in [-0.05, 0) is 38.0 Å². The lowest BCUT2D eigenvalue weighted by Gasteiger charge is -2.35. The standard InChI is InChI=1S/C16H20F3NO/c1-2-20(13-6-4-3-5-7-13)14-9-8-12(11-21)15(10-14)16(17,18)19/h8-11,13H,2-7H2,1H3. The fourth-order valence-corrected chi connectivity index (χ4v) is 3.12. The first-order valence-electron chi connectivity index (χ1n) is 7.40. The van der Waals surface area contributed by atoms with Crippen LogP contribution in [0.4, 0.5) is 18.9 Å². The molecule has 0 spiro atoms. The third-order valence-electron chi connectivity index (χ3n) is 4.16. The number of anilines is 1. The molecule has 0 atom stereocenters. The lowest BCUT2D eigenvalue weighted by molar-refractivity contribution is -0.137. The summed E-state index contributed by atoms with van der Waals surface area (Å²) in [5, 5.41) is 0. The predicted octanol–water partition coefficient (Wildman–Crippen LogP) is 4.68. The van der Waals surface area contributed by atoms with Crippen LogP contribution in [0.1, 0.15) is 54.9 Å². The largest absolute Gasteiger partial charge is 0.417 e. The van der Waals surface area contributed by atoms with Gasteiger partial charge in [-0.1, -0.05) is 19.3 Å². The summed E-state index contributed by atoms with van der Waals surface area (Å²) in [4.78, 5) is 12.8. The molecule has 0 heterocycles. The van der Waals surface area contributed by atoms with Gasteiger partial charge in [0, 0.05) is 23.8 Å². The Morgan fingerprint density at radius 1 is 1.24 bits per heavy atom. The topological polar surface area (TPSA) is 20.3 Å². The minimum atomic E-state index is -4.50. The average Bonchev–Trinajstić information content (AvgIpc) is 2.48. The van der Waals surface area contributed by atoms with Gasteiger partial charge < -0.3 is 4.90 Å². The van der Waals surface area contributed by atoms with E-state index in [9.17, 15) is 18.0 Å². The number of carbonyl (C=O) groups is 1. The summed E-state index contributed by atoms with van der Waals surface area (Å²) in [5.41, 5.74) is -0.586. The van der Waals surface area contributed by atoms with Crippen LogP contribution in [0, 0.1) is 0 Å². The lowest BCUT2D eigenvalue weighted by atomic mass is 9.93. The molecule has 0 N–H and O–H groups in total. The van der Waals surface area contributed by atoms with E-state index in [0.29, 0.717) is 18.3 Å². The fourth-order valence-electron chi connectivity index (χ4n) is 3.12. The number of benzene rings is 1. The molecule has 0 amide bonds. The summed E-state index contributed by atoms with van der Waals surface area (Å²) in [6.45, 7) is 2.62. The number of alkyl halides is 3. The SMILES string of the molecule is CCN(c1ccc(C=O)c(C(F)(F)F)c1)C1CCCCC1. The first-order chi connectivity index (χ1) is 9.97. The Kier molecular flexibility index (Phi) is 4.91. The number of carbonyl (C=O) groups excluding carboxylic acids is 1. The number of hydrogen-bond acceptors (Lipinski definition) is 2. The molecule has 21 heavy (non-hydrogen) atoms. The summed E-state index contributed by atoms with van der Waals surface area (Å²) < 4.78 is 39.1. The van der Waals surface area contributed by atoms with Gasteiger partial charge in [-0.3, -0.25) is 4.79 Å². The number of hydrogen-bond donors (Lipinski definition) is 0. The zero-order valence-electron chi connectivity index (χ0n) is 12.1. The number of rotatable bonds is 4. The van der Waals surface area contributed by atoms with E-state index in [0.717, 1.165) is 31.7 Å².